The van der Waals surface area contributed by atoms with Crippen molar-refractivity contribution in [3.8, 4) is 0 Å². The molecule has 0 N–H and O–H groups in total. The molecule has 0 aliphatic rings. The van der Waals surface area contributed by atoms with Gasteiger partial charge in [0.1, 0.15) is 5.03 Å². The van der Waals surface area contributed by atoms with Crippen molar-refractivity contribution in [3.63, 3.8) is 0 Å². The fraction of sp³-hybridized carbons (Fsp3) is 0. The van der Waals surface area contributed by atoms with Crippen LogP contribution in [-0.4, -0.2) is 4.98 Å². The van der Waals surface area contributed by atoms with Crippen molar-refractivity contribution in [2.24, 2.45) is 0 Å². The Morgan fingerprint density at radius 1 is 1.00 bits per heavy atom. The number of hydrogen-bond acceptors (Lipinski definition) is 2. The number of nitrogens with zero attached hydrogens (tertiary/aromatic N) is 1. The van der Waals surface area contributed by atoms with Crippen molar-refractivity contribution in [2.45, 2.75) is 9.92 Å². The predicted molar refractivity (Wildman–Crippen MR) is 70.2 cm³/mol. The van der Waals surface area contributed by atoms with E-state index in [9.17, 15) is 0 Å². The zero-order chi connectivity index (χ0) is 10.7. The van der Waals surface area contributed by atoms with Crippen LogP contribution in [0.4, 0.5) is 0 Å². The molecule has 2 rings (SSSR count). The number of hydrogen-bond donors (Lipinski definition) is 0. The Morgan fingerprint density at radius 2 is 1.80 bits per heavy atom. The van der Waals surface area contributed by atoms with E-state index in [1.807, 2.05) is 30.3 Å². The molecule has 0 spiro atoms. The van der Waals surface area contributed by atoms with Crippen LogP contribution in [0.15, 0.2) is 61.5 Å². The van der Waals surface area contributed by atoms with Gasteiger partial charge >= 0.3 is 0 Å². The van der Waals surface area contributed by atoms with Gasteiger partial charge in [-0.2, -0.15) is 0 Å². The monoisotopic (exact) mass is 343 g/mol. The number of rotatable bonds is 2. The first-order valence-electron chi connectivity index (χ1n) is 4.29. The third-order valence-electron chi connectivity index (χ3n) is 1.75. The van der Waals surface area contributed by atoms with E-state index in [-0.39, 0.29) is 0 Å². The van der Waals surface area contributed by atoms with Gasteiger partial charge in [-0.25, -0.2) is 4.98 Å². The molecule has 0 amide bonds. The average molecular weight is 345 g/mol. The molecule has 0 unspecified atom stereocenters. The number of aromatic nitrogens is 1. The quantitative estimate of drug-likeness (QED) is 0.779. The fourth-order valence-corrected chi connectivity index (χ4v) is 2.60. The minimum Gasteiger partial charge on any atom is -0.248 e. The highest BCUT2D eigenvalue weighted by Gasteiger charge is 2.01. The molecule has 0 atom stereocenters. The highest BCUT2D eigenvalue weighted by atomic mass is 79.9. The minimum absolute atomic E-state index is 0.991. The predicted octanol–water partition coefficient (Wildman–Crippen LogP) is 4.76. The molecule has 0 fully saturated rings. The van der Waals surface area contributed by atoms with E-state index in [1.54, 1.807) is 18.0 Å². The summed E-state index contributed by atoms with van der Waals surface area (Å²) in [5.41, 5.74) is 0. The van der Waals surface area contributed by atoms with Crippen LogP contribution in [0.3, 0.4) is 0 Å². The SMILES string of the molecule is Brc1ccc(Sc2ccccc2Br)nc1. The van der Waals surface area contributed by atoms with Crippen LogP contribution in [0.2, 0.25) is 0 Å². The van der Waals surface area contributed by atoms with Gasteiger partial charge < -0.3 is 0 Å². The smallest absolute Gasteiger partial charge is 0.101 e. The Kier molecular flexibility index (Phi) is 3.83. The van der Waals surface area contributed by atoms with Crippen molar-refractivity contribution in [1.29, 1.82) is 0 Å². The van der Waals surface area contributed by atoms with E-state index in [0.29, 0.717) is 0 Å². The first-order valence-corrected chi connectivity index (χ1v) is 6.70. The van der Waals surface area contributed by atoms with Gasteiger partial charge in [0.25, 0.3) is 0 Å². The van der Waals surface area contributed by atoms with E-state index in [2.05, 4.69) is 42.9 Å². The van der Waals surface area contributed by atoms with Crippen molar-refractivity contribution in [2.75, 3.05) is 0 Å². The Morgan fingerprint density at radius 3 is 2.47 bits per heavy atom. The summed E-state index contributed by atoms with van der Waals surface area (Å²) in [6, 6.07) is 12.1. The molecule has 15 heavy (non-hydrogen) atoms. The normalized spacial score (nSPS) is 10.3. The van der Waals surface area contributed by atoms with Gasteiger partial charge in [-0.15, -0.1) is 0 Å². The number of benzene rings is 1. The maximum atomic E-state index is 4.31. The van der Waals surface area contributed by atoms with Gasteiger partial charge in [-0.1, -0.05) is 23.9 Å². The van der Waals surface area contributed by atoms with Crippen LogP contribution in [0, 0.1) is 0 Å². The summed E-state index contributed by atoms with van der Waals surface area (Å²) in [4.78, 5) is 5.48. The highest BCUT2D eigenvalue weighted by Crippen LogP contribution is 2.32. The van der Waals surface area contributed by atoms with Crippen molar-refractivity contribution < 1.29 is 0 Å². The molecular weight excluding hydrogens is 338 g/mol. The van der Waals surface area contributed by atoms with Crippen LogP contribution in [0.1, 0.15) is 0 Å². The molecule has 1 aromatic heterocycles. The molecule has 76 valence electrons. The molecule has 4 heteroatoms. The second-order valence-corrected chi connectivity index (χ2v) is 5.68. The Bertz CT molecular complexity index is 456. The van der Waals surface area contributed by atoms with Crippen molar-refractivity contribution in [1.82, 2.24) is 4.98 Å². The second kappa shape index (κ2) is 5.14. The molecule has 1 nitrogen and oxygen atoms in total. The lowest BCUT2D eigenvalue weighted by molar-refractivity contribution is 1.12. The summed E-state index contributed by atoms with van der Waals surface area (Å²) < 4.78 is 2.10. The van der Waals surface area contributed by atoms with Crippen LogP contribution < -0.4 is 0 Å². The first kappa shape index (κ1) is 11.2. The molecule has 0 bridgehead atoms. The summed E-state index contributed by atoms with van der Waals surface area (Å²) in [6.07, 6.45) is 1.80. The Labute approximate surface area is 110 Å². The topological polar surface area (TPSA) is 12.9 Å². The zero-order valence-electron chi connectivity index (χ0n) is 7.65. The highest BCUT2D eigenvalue weighted by molar-refractivity contribution is 9.10. The summed E-state index contributed by atoms with van der Waals surface area (Å²) in [7, 11) is 0. The molecule has 0 radical (unpaired) electrons. The summed E-state index contributed by atoms with van der Waals surface area (Å²) in [6.45, 7) is 0. The average Bonchev–Trinajstić information content (AvgIpc) is 2.25. The van der Waals surface area contributed by atoms with Crippen molar-refractivity contribution in [3.05, 3.63) is 51.5 Å². The van der Waals surface area contributed by atoms with Gasteiger partial charge in [0.15, 0.2) is 0 Å². The van der Waals surface area contributed by atoms with Gasteiger partial charge in [0, 0.05) is 20.0 Å². The molecule has 1 heterocycles. The molecule has 0 saturated carbocycles. The second-order valence-electron chi connectivity index (χ2n) is 2.85. The summed E-state index contributed by atoms with van der Waals surface area (Å²) in [5, 5.41) is 0.991. The maximum absolute atomic E-state index is 4.31. The lowest BCUT2D eigenvalue weighted by Crippen LogP contribution is -1.79. The molecule has 0 aliphatic carbocycles. The van der Waals surface area contributed by atoms with E-state index in [1.165, 1.54) is 4.90 Å². The van der Waals surface area contributed by atoms with Gasteiger partial charge in [0.05, 0.1) is 0 Å². The molecule has 0 saturated heterocycles. The lowest BCUT2D eigenvalue weighted by Gasteiger charge is -2.02. The molecular formula is C11H7Br2NS. The van der Waals surface area contributed by atoms with Crippen LogP contribution >= 0.6 is 43.6 Å². The van der Waals surface area contributed by atoms with Crippen LogP contribution in [0.25, 0.3) is 0 Å². The van der Waals surface area contributed by atoms with Gasteiger partial charge in [-0.05, 0) is 56.1 Å². The largest absolute Gasteiger partial charge is 0.248 e. The molecule has 2 aromatic rings. The minimum atomic E-state index is 0.991. The third-order valence-corrected chi connectivity index (χ3v) is 4.20. The van der Waals surface area contributed by atoms with Crippen molar-refractivity contribution >= 4 is 43.6 Å². The number of pyridine rings is 1. The van der Waals surface area contributed by atoms with Gasteiger partial charge in [-0.3, -0.25) is 0 Å². The lowest BCUT2D eigenvalue weighted by atomic mass is 10.4. The van der Waals surface area contributed by atoms with E-state index in [0.717, 1.165) is 14.0 Å². The molecule has 1 aromatic carbocycles. The Hall–Kier alpha value is -0.320. The standard InChI is InChI=1S/C11H7Br2NS/c12-8-5-6-11(14-7-8)15-10-4-2-1-3-9(10)13/h1-7H. The van der Waals surface area contributed by atoms with Gasteiger partial charge in [0.2, 0.25) is 0 Å². The Balaban J connectivity index is 2.22. The van der Waals surface area contributed by atoms with E-state index in [4.69, 9.17) is 0 Å². The van der Waals surface area contributed by atoms with Crippen LogP contribution in [-0.2, 0) is 0 Å². The van der Waals surface area contributed by atoms with E-state index < -0.39 is 0 Å². The maximum Gasteiger partial charge on any atom is 0.101 e. The van der Waals surface area contributed by atoms with Crippen LogP contribution in [0.5, 0.6) is 0 Å². The van der Waals surface area contributed by atoms with E-state index >= 15 is 0 Å². The third kappa shape index (κ3) is 3.06. The summed E-state index contributed by atoms with van der Waals surface area (Å²) >= 11 is 8.52. The fourth-order valence-electron chi connectivity index (χ4n) is 1.06. The molecule has 0 aliphatic heterocycles. The number of halogens is 2. The summed E-state index contributed by atoms with van der Waals surface area (Å²) in [5.74, 6) is 0. The zero-order valence-corrected chi connectivity index (χ0v) is 11.6. The first-order chi connectivity index (χ1) is 7.25.